The highest BCUT2D eigenvalue weighted by atomic mass is 32.2. The van der Waals surface area contributed by atoms with Crippen LogP contribution in [0.4, 0.5) is 18.9 Å². The van der Waals surface area contributed by atoms with Gasteiger partial charge in [0.2, 0.25) is 0 Å². The van der Waals surface area contributed by atoms with E-state index in [-0.39, 0.29) is 4.90 Å². The van der Waals surface area contributed by atoms with Crippen molar-refractivity contribution in [2.75, 3.05) is 4.72 Å². The van der Waals surface area contributed by atoms with E-state index in [2.05, 4.69) is 9.46 Å². The molecule has 0 unspecified atom stereocenters. The van der Waals surface area contributed by atoms with Gasteiger partial charge < -0.3 is 4.74 Å². The Balaban J connectivity index is 1.78. The van der Waals surface area contributed by atoms with E-state index in [1.807, 2.05) is 6.07 Å². The highest BCUT2D eigenvalue weighted by molar-refractivity contribution is 7.92. The van der Waals surface area contributed by atoms with Gasteiger partial charge in [-0.15, -0.1) is 13.2 Å². The zero-order valence-electron chi connectivity index (χ0n) is 12.4. The van der Waals surface area contributed by atoms with E-state index in [0.717, 1.165) is 49.1 Å². The largest absolute Gasteiger partial charge is 0.573 e. The van der Waals surface area contributed by atoms with Crippen LogP contribution in [0, 0.1) is 0 Å². The van der Waals surface area contributed by atoms with E-state index in [0.29, 0.717) is 5.69 Å². The van der Waals surface area contributed by atoms with Gasteiger partial charge in [0, 0.05) is 5.69 Å². The van der Waals surface area contributed by atoms with Crippen molar-refractivity contribution in [2.45, 2.75) is 30.5 Å². The second-order valence-corrected chi connectivity index (χ2v) is 7.14. The normalized spacial score (nSPS) is 14.3. The molecule has 24 heavy (non-hydrogen) atoms. The van der Waals surface area contributed by atoms with Crippen molar-refractivity contribution in [3.8, 4) is 5.75 Å². The third-order valence-electron chi connectivity index (χ3n) is 3.72. The average Bonchev–Trinajstić information content (AvgIpc) is 2.93. The standard InChI is InChI=1S/C16H14F3NO3S/c17-16(18,19)23-14-6-8-15(9-7-14)24(21,22)20-13-5-4-11-2-1-3-12(11)10-13/h4-10,20H,1-3H2. The number of benzene rings is 2. The van der Waals surface area contributed by atoms with Crippen molar-refractivity contribution in [1.29, 1.82) is 0 Å². The molecular weight excluding hydrogens is 343 g/mol. The summed E-state index contributed by atoms with van der Waals surface area (Å²) in [7, 11) is -3.88. The molecule has 0 aromatic heterocycles. The van der Waals surface area contributed by atoms with Crippen LogP contribution in [0.1, 0.15) is 17.5 Å². The molecule has 2 aromatic rings. The minimum atomic E-state index is -4.82. The molecule has 8 heteroatoms. The molecule has 0 saturated heterocycles. The van der Waals surface area contributed by atoms with Gasteiger partial charge in [-0.05, 0) is 66.8 Å². The summed E-state index contributed by atoms with van der Waals surface area (Å²) in [6, 6.07) is 9.42. The Labute approximate surface area is 137 Å². The molecule has 0 saturated carbocycles. The first kappa shape index (κ1) is 16.6. The first-order valence-corrected chi connectivity index (χ1v) is 8.72. The number of halogens is 3. The molecule has 0 amide bonds. The predicted octanol–water partition coefficient (Wildman–Crippen LogP) is 3.87. The second-order valence-electron chi connectivity index (χ2n) is 5.46. The van der Waals surface area contributed by atoms with Gasteiger partial charge in [-0.25, -0.2) is 8.42 Å². The maximum Gasteiger partial charge on any atom is 0.573 e. The van der Waals surface area contributed by atoms with Gasteiger partial charge in [-0.2, -0.15) is 0 Å². The Kier molecular flexibility index (Phi) is 4.16. The zero-order chi connectivity index (χ0) is 17.4. The van der Waals surface area contributed by atoms with Crippen LogP contribution in [0.3, 0.4) is 0 Å². The van der Waals surface area contributed by atoms with Crippen molar-refractivity contribution in [3.05, 3.63) is 53.6 Å². The number of hydrogen-bond acceptors (Lipinski definition) is 3. The molecule has 0 heterocycles. The number of fused-ring (bicyclic) bond motifs is 1. The van der Waals surface area contributed by atoms with E-state index in [9.17, 15) is 21.6 Å². The lowest BCUT2D eigenvalue weighted by Crippen LogP contribution is -2.17. The van der Waals surface area contributed by atoms with Crippen LogP contribution in [0.15, 0.2) is 47.4 Å². The maximum absolute atomic E-state index is 12.3. The van der Waals surface area contributed by atoms with Crippen LogP contribution in [0.5, 0.6) is 5.75 Å². The van der Waals surface area contributed by atoms with Crippen molar-refractivity contribution in [2.24, 2.45) is 0 Å². The van der Waals surface area contributed by atoms with Gasteiger partial charge in [0.1, 0.15) is 5.75 Å². The van der Waals surface area contributed by atoms with Gasteiger partial charge in [-0.3, -0.25) is 4.72 Å². The Morgan fingerprint density at radius 2 is 1.62 bits per heavy atom. The Bertz CT molecular complexity index is 846. The van der Waals surface area contributed by atoms with Gasteiger partial charge in [-0.1, -0.05) is 6.07 Å². The molecule has 1 aliphatic carbocycles. The number of hydrogen-bond donors (Lipinski definition) is 1. The molecular formula is C16H14F3NO3S. The fraction of sp³-hybridized carbons (Fsp3) is 0.250. The molecule has 3 rings (SSSR count). The molecule has 0 fully saturated rings. The van der Waals surface area contributed by atoms with E-state index < -0.39 is 22.1 Å². The van der Waals surface area contributed by atoms with Crippen LogP contribution in [0.2, 0.25) is 0 Å². The fourth-order valence-electron chi connectivity index (χ4n) is 2.67. The Morgan fingerprint density at radius 1 is 0.958 bits per heavy atom. The zero-order valence-corrected chi connectivity index (χ0v) is 13.2. The highest BCUT2D eigenvalue weighted by Crippen LogP contribution is 2.27. The van der Waals surface area contributed by atoms with Crippen molar-refractivity contribution < 1.29 is 26.3 Å². The Hall–Kier alpha value is -2.22. The first-order chi connectivity index (χ1) is 11.2. The number of anilines is 1. The third kappa shape index (κ3) is 3.81. The topological polar surface area (TPSA) is 55.4 Å². The number of sulfonamides is 1. The summed E-state index contributed by atoms with van der Waals surface area (Å²) in [6.07, 6.45) is -1.87. The molecule has 0 atom stereocenters. The third-order valence-corrected chi connectivity index (χ3v) is 5.12. The molecule has 0 bridgehead atoms. The first-order valence-electron chi connectivity index (χ1n) is 7.23. The van der Waals surface area contributed by atoms with Gasteiger partial charge >= 0.3 is 6.36 Å². The fourth-order valence-corrected chi connectivity index (χ4v) is 3.72. The van der Waals surface area contributed by atoms with E-state index in [1.54, 1.807) is 12.1 Å². The minimum absolute atomic E-state index is 0.141. The molecule has 1 aliphatic rings. The summed E-state index contributed by atoms with van der Waals surface area (Å²) in [5.74, 6) is -0.473. The SMILES string of the molecule is O=S(=O)(Nc1ccc2c(c1)CCC2)c1ccc(OC(F)(F)F)cc1. The average molecular weight is 357 g/mol. The summed E-state index contributed by atoms with van der Waals surface area (Å²) in [4.78, 5) is -0.141. The summed E-state index contributed by atoms with van der Waals surface area (Å²) < 4.78 is 67.2. The lowest BCUT2D eigenvalue weighted by molar-refractivity contribution is -0.274. The van der Waals surface area contributed by atoms with Gasteiger partial charge in [0.15, 0.2) is 0 Å². The number of alkyl halides is 3. The quantitative estimate of drug-likeness (QED) is 0.904. The smallest absolute Gasteiger partial charge is 0.406 e. The summed E-state index contributed by atoms with van der Waals surface area (Å²) >= 11 is 0. The summed E-state index contributed by atoms with van der Waals surface area (Å²) in [6.45, 7) is 0. The molecule has 128 valence electrons. The van der Waals surface area contributed by atoms with E-state index in [1.165, 1.54) is 5.56 Å². The molecule has 2 aromatic carbocycles. The van der Waals surface area contributed by atoms with Crippen molar-refractivity contribution in [1.82, 2.24) is 0 Å². The number of nitrogens with one attached hydrogen (secondary N) is 1. The van der Waals surface area contributed by atoms with Crippen LogP contribution < -0.4 is 9.46 Å². The molecule has 0 spiro atoms. The van der Waals surface area contributed by atoms with E-state index in [4.69, 9.17) is 0 Å². The number of aryl methyl sites for hydroxylation is 2. The maximum atomic E-state index is 12.3. The summed E-state index contributed by atoms with van der Waals surface area (Å²) in [5, 5.41) is 0. The van der Waals surface area contributed by atoms with Gasteiger partial charge in [0.05, 0.1) is 4.90 Å². The van der Waals surface area contributed by atoms with Crippen LogP contribution in [-0.2, 0) is 22.9 Å². The summed E-state index contributed by atoms with van der Waals surface area (Å²) in [5.41, 5.74) is 2.77. The van der Waals surface area contributed by atoms with E-state index >= 15 is 0 Å². The van der Waals surface area contributed by atoms with Crippen molar-refractivity contribution in [3.63, 3.8) is 0 Å². The minimum Gasteiger partial charge on any atom is -0.406 e. The molecule has 1 N–H and O–H groups in total. The lowest BCUT2D eigenvalue weighted by atomic mass is 10.1. The van der Waals surface area contributed by atoms with Crippen LogP contribution in [-0.4, -0.2) is 14.8 Å². The van der Waals surface area contributed by atoms with Crippen LogP contribution >= 0.6 is 0 Å². The Morgan fingerprint density at radius 3 is 2.29 bits per heavy atom. The highest BCUT2D eigenvalue weighted by Gasteiger charge is 2.31. The molecule has 0 radical (unpaired) electrons. The number of rotatable bonds is 4. The lowest BCUT2D eigenvalue weighted by Gasteiger charge is -2.11. The monoisotopic (exact) mass is 357 g/mol. The second kappa shape index (κ2) is 6.01. The van der Waals surface area contributed by atoms with Crippen molar-refractivity contribution >= 4 is 15.7 Å². The molecule has 0 aliphatic heterocycles. The van der Waals surface area contributed by atoms with Crippen LogP contribution in [0.25, 0.3) is 0 Å². The number of ether oxygens (including phenoxy) is 1. The molecule has 4 nitrogen and oxygen atoms in total. The van der Waals surface area contributed by atoms with Gasteiger partial charge in [0.25, 0.3) is 10.0 Å². The predicted molar refractivity (Wildman–Crippen MR) is 82.4 cm³/mol.